The van der Waals surface area contributed by atoms with Crippen molar-refractivity contribution >= 4 is 11.8 Å². The van der Waals surface area contributed by atoms with E-state index >= 15 is 0 Å². The molecule has 2 rings (SSSR count). The smallest absolute Gasteiger partial charge is 0.118 e. The highest BCUT2D eigenvalue weighted by molar-refractivity contribution is 8.00. The lowest BCUT2D eigenvalue weighted by atomic mass is 10.0. The van der Waals surface area contributed by atoms with Crippen LogP contribution in [0.4, 0.5) is 0 Å². The number of hydrogen-bond donors (Lipinski definition) is 1. The van der Waals surface area contributed by atoms with E-state index < -0.39 is 0 Å². The van der Waals surface area contributed by atoms with Crippen LogP contribution >= 0.6 is 11.8 Å². The molecule has 1 aromatic rings. The van der Waals surface area contributed by atoms with Crippen molar-refractivity contribution in [3.05, 3.63) is 23.7 Å². The number of rotatable bonds is 4. The van der Waals surface area contributed by atoms with Crippen LogP contribution in [0.1, 0.15) is 55.8 Å². The molecule has 2 N–H and O–H groups in total. The Morgan fingerprint density at radius 3 is 2.53 bits per heavy atom. The minimum absolute atomic E-state index is 0.146. The van der Waals surface area contributed by atoms with E-state index in [1.54, 1.807) is 0 Å². The van der Waals surface area contributed by atoms with Crippen LogP contribution in [-0.4, -0.2) is 11.3 Å². The van der Waals surface area contributed by atoms with E-state index in [9.17, 15) is 0 Å². The zero-order valence-corrected chi connectivity index (χ0v) is 11.6. The molecule has 3 heteroatoms. The molecule has 2 atom stereocenters. The van der Waals surface area contributed by atoms with Gasteiger partial charge in [0.05, 0.1) is 5.25 Å². The fourth-order valence-corrected chi connectivity index (χ4v) is 3.99. The third-order valence-corrected chi connectivity index (χ3v) is 5.22. The van der Waals surface area contributed by atoms with E-state index in [2.05, 4.69) is 13.0 Å². The summed E-state index contributed by atoms with van der Waals surface area (Å²) in [5.74, 6) is 2.03. The fraction of sp³-hybridized carbons (Fsp3) is 0.714. The van der Waals surface area contributed by atoms with Gasteiger partial charge in [0.25, 0.3) is 0 Å². The summed E-state index contributed by atoms with van der Waals surface area (Å²) in [6, 6.07) is 4.26. The van der Waals surface area contributed by atoms with Crippen molar-refractivity contribution in [1.29, 1.82) is 0 Å². The molecule has 2 unspecified atom stereocenters. The molecule has 1 saturated carbocycles. The molecule has 17 heavy (non-hydrogen) atoms. The van der Waals surface area contributed by atoms with Gasteiger partial charge in [-0.2, -0.15) is 0 Å². The van der Waals surface area contributed by atoms with Crippen molar-refractivity contribution in [2.75, 3.05) is 0 Å². The lowest BCUT2D eigenvalue weighted by Crippen LogP contribution is -2.24. The quantitative estimate of drug-likeness (QED) is 0.880. The molecule has 0 spiro atoms. The van der Waals surface area contributed by atoms with Gasteiger partial charge in [-0.15, -0.1) is 11.8 Å². The number of nitrogens with two attached hydrogens (primary N) is 1. The molecule has 1 aliphatic carbocycles. The average molecular weight is 253 g/mol. The topological polar surface area (TPSA) is 39.2 Å². The summed E-state index contributed by atoms with van der Waals surface area (Å²) in [5, 5.41) is 1.08. The molecule has 2 nitrogen and oxygen atoms in total. The first-order valence-corrected chi connectivity index (χ1v) is 7.58. The molecule has 0 radical (unpaired) electrons. The average Bonchev–Trinajstić information content (AvgIpc) is 2.73. The van der Waals surface area contributed by atoms with Crippen LogP contribution in [0, 0.1) is 6.92 Å². The van der Waals surface area contributed by atoms with E-state index in [4.69, 9.17) is 10.2 Å². The summed E-state index contributed by atoms with van der Waals surface area (Å²) in [6.07, 6.45) is 6.84. The molecule has 0 bridgehead atoms. The maximum absolute atomic E-state index is 6.11. The van der Waals surface area contributed by atoms with Crippen molar-refractivity contribution < 1.29 is 4.42 Å². The maximum atomic E-state index is 6.11. The van der Waals surface area contributed by atoms with Crippen LogP contribution in [-0.2, 0) is 0 Å². The van der Waals surface area contributed by atoms with Crippen molar-refractivity contribution in [2.45, 2.75) is 62.5 Å². The number of aryl methyl sites for hydroxylation is 1. The zero-order chi connectivity index (χ0) is 12.3. The number of thioether (sulfide) groups is 1. The van der Waals surface area contributed by atoms with Gasteiger partial charge in [-0.3, -0.25) is 0 Å². The predicted octanol–water partition coefficient (Wildman–Crippen LogP) is 4.04. The summed E-state index contributed by atoms with van der Waals surface area (Å²) in [4.78, 5) is 0. The lowest BCUT2D eigenvalue weighted by molar-refractivity contribution is 0.460. The van der Waals surface area contributed by atoms with Gasteiger partial charge >= 0.3 is 0 Å². The van der Waals surface area contributed by atoms with Crippen LogP contribution in [0.3, 0.4) is 0 Å². The van der Waals surface area contributed by atoms with E-state index in [1.807, 2.05) is 24.8 Å². The summed E-state index contributed by atoms with van der Waals surface area (Å²) in [6.45, 7) is 4.07. The Balaban J connectivity index is 2.01. The standard InChI is InChI=1S/C14H23NOS/c1-10-8-9-13(16-10)14(11(2)15)17-12-6-4-3-5-7-12/h8-9,11-12,14H,3-7,15H2,1-2H3. The van der Waals surface area contributed by atoms with Gasteiger partial charge < -0.3 is 10.2 Å². The van der Waals surface area contributed by atoms with Gasteiger partial charge in [-0.1, -0.05) is 19.3 Å². The fourth-order valence-electron chi connectivity index (χ4n) is 2.46. The van der Waals surface area contributed by atoms with Gasteiger partial charge in [0.2, 0.25) is 0 Å². The second-order valence-corrected chi connectivity index (χ2v) is 6.57. The highest BCUT2D eigenvalue weighted by atomic mass is 32.2. The molecule has 0 saturated heterocycles. The van der Waals surface area contributed by atoms with Crippen LogP contribution in [0.2, 0.25) is 0 Å². The number of hydrogen-bond acceptors (Lipinski definition) is 3. The predicted molar refractivity (Wildman–Crippen MR) is 74.3 cm³/mol. The van der Waals surface area contributed by atoms with Gasteiger partial charge in [-0.05, 0) is 38.8 Å². The highest BCUT2D eigenvalue weighted by Crippen LogP contribution is 2.40. The lowest BCUT2D eigenvalue weighted by Gasteiger charge is -2.27. The Hall–Kier alpha value is -0.410. The molecular formula is C14H23NOS. The Kier molecular flexibility index (Phi) is 4.57. The Bertz CT molecular complexity index is 342. The minimum Gasteiger partial charge on any atom is -0.465 e. The molecule has 0 amide bonds. The first-order valence-electron chi connectivity index (χ1n) is 6.64. The summed E-state index contributed by atoms with van der Waals surface area (Å²) < 4.78 is 5.75. The molecule has 96 valence electrons. The molecule has 1 aromatic heterocycles. The first-order chi connectivity index (χ1) is 8.16. The van der Waals surface area contributed by atoms with Crippen molar-refractivity contribution in [2.24, 2.45) is 5.73 Å². The zero-order valence-electron chi connectivity index (χ0n) is 10.8. The minimum atomic E-state index is 0.146. The SMILES string of the molecule is Cc1ccc(C(SC2CCCCC2)C(C)N)o1. The monoisotopic (exact) mass is 253 g/mol. The van der Waals surface area contributed by atoms with Gasteiger partial charge in [0, 0.05) is 11.3 Å². The molecule has 0 aliphatic heterocycles. The van der Waals surface area contributed by atoms with Crippen LogP contribution in [0.25, 0.3) is 0 Å². The first kappa shape index (κ1) is 13.0. The summed E-state index contributed by atoms with van der Waals surface area (Å²) in [7, 11) is 0. The van der Waals surface area contributed by atoms with Crippen LogP contribution < -0.4 is 5.73 Å². The van der Waals surface area contributed by atoms with Crippen molar-refractivity contribution in [1.82, 2.24) is 0 Å². The molecule has 1 fully saturated rings. The summed E-state index contributed by atoms with van der Waals surface area (Å²) >= 11 is 2.02. The van der Waals surface area contributed by atoms with Gasteiger partial charge in [-0.25, -0.2) is 0 Å². The Morgan fingerprint density at radius 2 is 2.00 bits per heavy atom. The Labute approximate surface area is 108 Å². The Morgan fingerprint density at radius 1 is 1.29 bits per heavy atom. The molecule has 1 heterocycles. The van der Waals surface area contributed by atoms with Crippen LogP contribution in [0.5, 0.6) is 0 Å². The highest BCUT2D eigenvalue weighted by Gasteiger charge is 2.25. The van der Waals surface area contributed by atoms with Crippen LogP contribution in [0.15, 0.2) is 16.5 Å². The third kappa shape index (κ3) is 3.52. The molecule has 1 aliphatic rings. The summed E-state index contributed by atoms with van der Waals surface area (Å²) in [5.41, 5.74) is 6.11. The van der Waals surface area contributed by atoms with Crippen molar-refractivity contribution in [3.8, 4) is 0 Å². The van der Waals surface area contributed by atoms with E-state index in [0.717, 1.165) is 16.8 Å². The molecule has 0 aromatic carbocycles. The van der Waals surface area contributed by atoms with Gasteiger partial charge in [0.1, 0.15) is 11.5 Å². The third-order valence-electron chi connectivity index (χ3n) is 3.41. The second-order valence-electron chi connectivity index (χ2n) is 5.12. The van der Waals surface area contributed by atoms with E-state index in [1.165, 1.54) is 32.1 Å². The largest absolute Gasteiger partial charge is 0.465 e. The number of furan rings is 1. The second kappa shape index (κ2) is 5.96. The molecular weight excluding hydrogens is 230 g/mol. The maximum Gasteiger partial charge on any atom is 0.118 e. The van der Waals surface area contributed by atoms with Crippen molar-refractivity contribution in [3.63, 3.8) is 0 Å². The van der Waals surface area contributed by atoms with Gasteiger partial charge in [0.15, 0.2) is 0 Å². The van der Waals surface area contributed by atoms with E-state index in [0.29, 0.717) is 5.25 Å². The van der Waals surface area contributed by atoms with E-state index in [-0.39, 0.29) is 6.04 Å². The normalized spacial score (nSPS) is 21.4.